The molecule has 1 aliphatic rings. The molecule has 0 atom stereocenters. The zero-order valence-corrected chi connectivity index (χ0v) is 49.9. The Balaban J connectivity index is 0.000000229. The van der Waals surface area contributed by atoms with E-state index in [1.54, 1.807) is 11.1 Å². The van der Waals surface area contributed by atoms with Gasteiger partial charge in [-0.15, -0.1) is 0 Å². The molecule has 0 spiro atoms. The van der Waals surface area contributed by atoms with Gasteiger partial charge in [-0.25, -0.2) is 0 Å². The number of unbranched alkanes of at least 4 members (excludes halogenated alkanes) is 12. The average Bonchev–Trinajstić information content (AvgIpc) is 3.75. The summed E-state index contributed by atoms with van der Waals surface area (Å²) >= 11 is 0. The van der Waals surface area contributed by atoms with Crippen LogP contribution in [0.15, 0.2) is 182 Å². The third-order valence-electron chi connectivity index (χ3n) is 16.8. The van der Waals surface area contributed by atoms with Crippen LogP contribution in [0.3, 0.4) is 0 Å². The van der Waals surface area contributed by atoms with Gasteiger partial charge < -0.3 is 9.80 Å². The van der Waals surface area contributed by atoms with Crippen LogP contribution in [-0.4, -0.2) is 0 Å². The first kappa shape index (κ1) is 58.5. The normalized spacial score (nSPS) is 12.2. The van der Waals surface area contributed by atoms with Gasteiger partial charge in [0.25, 0.3) is 0 Å². The molecule has 9 rings (SSSR count). The molecule has 0 N–H and O–H groups in total. The van der Waals surface area contributed by atoms with Crippen molar-refractivity contribution in [3.8, 4) is 22.3 Å². The van der Waals surface area contributed by atoms with Gasteiger partial charge in [-0.1, -0.05) is 249 Å². The molecule has 0 radical (unpaired) electrons. The first-order valence-electron chi connectivity index (χ1n) is 31.0. The van der Waals surface area contributed by atoms with E-state index in [0.29, 0.717) is 0 Å². The first-order chi connectivity index (χ1) is 38.6. The Morgan fingerprint density at radius 2 is 0.557 bits per heavy atom. The van der Waals surface area contributed by atoms with Crippen molar-refractivity contribution < 1.29 is 0 Å². The molecule has 0 unspecified atom stereocenters. The molecule has 8 aromatic rings. The Morgan fingerprint density at radius 1 is 0.278 bits per heavy atom. The molecule has 0 amide bonds. The summed E-state index contributed by atoms with van der Waals surface area (Å²) in [6, 6.07) is 68.3. The highest BCUT2D eigenvalue weighted by Gasteiger charge is 2.42. The van der Waals surface area contributed by atoms with E-state index in [-0.39, 0.29) is 5.41 Å². The van der Waals surface area contributed by atoms with Crippen LogP contribution in [-0.2, 0) is 18.3 Å². The van der Waals surface area contributed by atoms with Crippen molar-refractivity contribution in [1.82, 2.24) is 0 Å². The molecular weight excluding hydrogens is 953 g/mol. The molecule has 8 aromatic carbocycles. The van der Waals surface area contributed by atoms with Gasteiger partial charge in [-0.2, -0.15) is 0 Å². The summed E-state index contributed by atoms with van der Waals surface area (Å²) in [6.07, 6.45) is 26.4. The first-order valence-corrected chi connectivity index (χ1v) is 31.0. The third-order valence-corrected chi connectivity index (χ3v) is 16.8. The topological polar surface area (TPSA) is 6.48 Å². The van der Waals surface area contributed by atoms with Crippen LogP contribution in [0.4, 0.5) is 34.1 Å². The molecule has 0 bridgehead atoms. The minimum atomic E-state index is 0.238. The number of hydrogen-bond acceptors (Lipinski definition) is 2. The Bertz CT molecular complexity index is 2840. The Hall–Kier alpha value is -6.64. The lowest BCUT2D eigenvalue weighted by molar-refractivity contribution is 0.398. The van der Waals surface area contributed by atoms with Crippen molar-refractivity contribution in [1.29, 1.82) is 0 Å². The van der Waals surface area contributed by atoms with Gasteiger partial charge in [0.15, 0.2) is 0 Å². The van der Waals surface area contributed by atoms with Crippen molar-refractivity contribution in [3.63, 3.8) is 0 Å². The summed E-state index contributed by atoms with van der Waals surface area (Å²) in [6.45, 7) is 17.9. The van der Waals surface area contributed by atoms with Crippen molar-refractivity contribution in [2.24, 2.45) is 0 Å². The summed E-state index contributed by atoms with van der Waals surface area (Å²) in [5.74, 6) is 0. The van der Waals surface area contributed by atoms with E-state index in [2.05, 4.69) is 247 Å². The Morgan fingerprint density at radius 3 is 0.886 bits per heavy atom. The van der Waals surface area contributed by atoms with Gasteiger partial charge in [0.1, 0.15) is 0 Å². The number of hydrogen-bond donors (Lipinski definition) is 0. The highest BCUT2D eigenvalue weighted by Crippen LogP contribution is 2.55. The molecule has 2 nitrogen and oxygen atoms in total. The van der Waals surface area contributed by atoms with Crippen LogP contribution >= 0.6 is 0 Å². The molecule has 0 saturated carbocycles. The van der Waals surface area contributed by atoms with Crippen molar-refractivity contribution >= 4 is 34.1 Å². The number of aryl methyl sites for hydroxylation is 6. The standard InChI is InChI=1S/C46H48N2.C31H46/c1-5-7-9-37-15-27-43(28-16-37)47(41-23-11-35(3)12-24-41)45-31-19-39(20-32-45)40-21-33-46(34-22-40)48(42-25-13-36(4)14-26-42)44-29-17-38(18-30-44)10-8-6-2;1-5-7-9-11-13-15-21-31(22-16-14-12-10-8-6-2)29-19-17-25(3)23-27(29)28-24-26(4)18-20-30(28)31/h11-34H,5-10H2,1-4H3;17-20,23-24H,5-16,21-22H2,1-4H3. The van der Waals surface area contributed by atoms with Crippen molar-refractivity contribution in [2.45, 2.75) is 189 Å². The number of fused-ring (bicyclic) bond motifs is 3. The molecule has 0 fully saturated rings. The van der Waals surface area contributed by atoms with Gasteiger partial charge in [-0.05, 0) is 184 Å². The highest BCUT2D eigenvalue weighted by molar-refractivity contribution is 5.83. The number of anilines is 6. The average molecular weight is 1050 g/mol. The van der Waals surface area contributed by atoms with Crippen LogP contribution in [0.1, 0.15) is 188 Å². The van der Waals surface area contributed by atoms with Gasteiger partial charge in [0.2, 0.25) is 0 Å². The van der Waals surface area contributed by atoms with Crippen LogP contribution in [0.5, 0.6) is 0 Å². The molecule has 79 heavy (non-hydrogen) atoms. The van der Waals surface area contributed by atoms with Crippen LogP contribution < -0.4 is 9.80 Å². The molecule has 2 heteroatoms. The fraction of sp³-hybridized carbons (Fsp3) is 0.377. The summed E-state index contributed by atoms with van der Waals surface area (Å²) in [4.78, 5) is 4.70. The van der Waals surface area contributed by atoms with Gasteiger partial charge in [-0.3, -0.25) is 0 Å². The summed E-state index contributed by atoms with van der Waals surface area (Å²) in [7, 11) is 0. The second-order valence-corrected chi connectivity index (χ2v) is 23.2. The predicted molar refractivity (Wildman–Crippen MR) is 346 cm³/mol. The van der Waals surface area contributed by atoms with E-state index < -0.39 is 0 Å². The van der Waals surface area contributed by atoms with E-state index in [4.69, 9.17) is 0 Å². The smallest absolute Gasteiger partial charge is 0.0462 e. The number of benzene rings is 8. The van der Waals surface area contributed by atoms with Crippen LogP contribution in [0.25, 0.3) is 22.3 Å². The van der Waals surface area contributed by atoms with E-state index in [1.165, 1.54) is 183 Å². The molecule has 0 aliphatic heterocycles. The summed E-state index contributed by atoms with van der Waals surface area (Å²) < 4.78 is 0. The molecule has 1 aliphatic carbocycles. The maximum atomic E-state index is 2.48. The lowest BCUT2D eigenvalue weighted by atomic mass is 9.70. The molecule has 0 saturated heterocycles. The van der Waals surface area contributed by atoms with E-state index in [1.807, 2.05) is 0 Å². The minimum absolute atomic E-state index is 0.238. The fourth-order valence-corrected chi connectivity index (χ4v) is 12.1. The predicted octanol–water partition coefficient (Wildman–Crippen LogP) is 23.7. The molecule has 0 aromatic heterocycles. The van der Waals surface area contributed by atoms with E-state index in [0.717, 1.165) is 35.6 Å². The zero-order chi connectivity index (χ0) is 55.4. The van der Waals surface area contributed by atoms with Crippen molar-refractivity contribution in [3.05, 3.63) is 226 Å². The van der Waals surface area contributed by atoms with E-state index >= 15 is 0 Å². The lowest BCUT2D eigenvalue weighted by Crippen LogP contribution is -2.25. The van der Waals surface area contributed by atoms with Gasteiger partial charge in [0, 0.05) is 39.5 Å². The SMILES string of the molecule is CCCCCCCCC1(CCCCCCCC)c2ccc(C)cc2-c2cc(C)ccc21.CCCCc1ccc(N(c2ccc(C)cc2)c2ccc(-c3ccc(N(c4ccc(C)cc4)c4ccc(CCCC)cc4)cc3)cc2)cc1. The zero-order valence-electron chi connectivity index (χ0n) is 49.9. The van der Waals surface area contributed by atoms with Gasteiger partial charge >= 0.3 is 0 Å². The Labute approximate surface area is 479 Å². The second kappa shape index (κ2) is 29.5. The summed E-state index contributed by atoms with van der Waals surface area (Å²) in [5, 5.41) is 0. The van der Waals surface area contributed by atoms with Crippen molar-refractivity contribution in [2.75, 3.05) is 9.80 Å². The quantitative estimate of drug-likeness (QED) is 0.0474. The Kier molecular flexibility index (Phi) is 21.9. The van der Waals surface area contributed by atoms with Gasteiger partial charge in [0.05, 0.1) is 0 Å². The third kappa shape index (κ3) is 15.4. The number of rotatable bonds is 27. The summed E-state index contributed by atoms with van der Waals surface area (Å²) in [5.41, 5.74) is 24.0. The maximum absolute atomic E-state index is 2.48. The minimum Gasteiger partial charge on any atom is -0.311 e. The van der Waals surface area contributed by atoms with Crippen LogP contribution in [0.2, 0.25) is 0 Å². The van der Waals surface area contributed by atoms with E-state index in [9.17, 15) is 0 Å². The maximum Gasteiger partial charge on any atom is 0.0462 e. The largest absolute Gasteiger partial charge is 0.311 e. The second-order valence-electron chi connectivity index (χ2n) is 23.2. The lowest BCUT2D eigenvalue weighted by Gasteiger charge is -2.33. The molecular formula is C77H94N2. The molecule has 412 valence electrons. The number of nitrogens with zero attached hydrogens (tertiary/aromatic N) is 2. The highest BCUT2D eigenvalue weighted by atomic mass is 15.1. The van der Waals surface area contributed by atoms with Crippen LogP contribution in [0, 0.1) is 27.7 Å². The monoisotopic (exact) mass is 1050 g/mol. The fourth-order valence-electron chi connectivity index (χ4n) is 12.1. The molecule has 0 heterocycles.